The molecular formula is C11H11FN2O3. The van der Waals surface area contributed by atoms with Crippen molar-refractivity contribution in [1.29, 1.82) is 0 Å². The summed E-state index contributed by atoms with van der Waals surface area (Å²) in [7, 11) is 0. The Labute approximate surface area is 96.8 Å². The van der Waals surface area contributed by atoms with Gasteiger partial charge in [0.2, 0.25) is 0 Å². The first-order valence-corrected chi connectivity index (χ1v) is 5.07. The van der Waals surface area contributed by atoms with Crippen LogP contribution < -0.4 is 0 Å². The molecule has 1 aliphatic rings. The molecule has 1 saturated heterocycles. The number of benzene rings is 1. The molecule has 17 heavy (non-hydrogen) atoms. The smallest absolute Gasteiger partial charge is 0.407 e. The van der Waals surface area contributed by atoms with Gasteiger partial charge < -0.3 is 15.2 Å². The SMILES string of the molecule is O=C(O)N1CC(C(=NO)c2ccc(F)cc2)C1. The molecule has 1 amide bonds. The minimum atomic E-state index is -0.988. The molecule has 5 nitrogen and oxygen atoms in total. The van der Waals surface area contributed by atoms with Crippen molar-refractivity contribution >= 4 is 11.8 Å². The fourth-order valence-electron chi connectivity index (χ4n) is 1.80. The molecule has 0 aliphatic carbocycles. The average Bonchev–Trinajstić information content (AvgIpc) is 2.23. The number of oxime groups is 1. The Bertz CT molecular complexity index is 452. The van der Waals surface area contributed by atoms with Crippen molar-refractivity contribution in [3.05, 3.63) is 35.6 Å². The number of hydrogen-bond donors (Lipinski definition) is 2. The van der Waals surface area contributed by atoms with Crippen molar-refractivity contribution < 1.29 is 19.5 Å². The fourth-order valence-corrected chi connectivity index (χ4v) is 1.80. The summed E-state index contributed by atoms with van der Waals surface area (Å²) in [5.74, 6) is -0.506. The predicted molar refractivity (Wildman–Crippen MR) is 57.8 cm³/mol. The highest BCUT2D eigenvalue weighted by atomic mass is 19.1. The maximum absolute atomic E-state index is 12.7. The zero-order chi connectivity index (χ0) is 12.4. The van der Waals surface area contributed by atoms with Gasteiger partial charge in [-0.05, 0) is 17.7 Å². The summed E-state index contributed by atoms with van der Waals surface area (Å²) in [5.41, 5.74) is 0.992. The van der Waals surface area contributed by atoms with Crippen LogP contribution in [0.1, 0.15) is 5.56 Å². The molecule has 0 atom stereocenters. The molecule has 90 valence electrons. The average molecular weight is 238 g/mol. The highest BCUT2D eigenvalue weighted by Crippen LogP contribution is 2.21. The minimum absolute atomic E-state index is 0.137. The van der Waals surface area contributed by atoms with Gasteiger partial charge in [-0.1, -0.05) is 17.3 Å². The number of carboxylic acid groups (broad SMARTS) is 1. The summed E-state index contributed by atoms with van der Waals surface area (Å²) < 4.78 is 12.7. The third kappa shape index (κ3) is 2.20. The maximum atomic E-state index is 12.7. The third-order valence-corrected chi connectivity index (χ3v) is 2.79. The van der Waals surface area contributed by atoms with Crippen LogP contribution in [0.25, 0.3) is 0 Å². The molecule has 1 aromatic rings. The largest absolute Gasteiger partial charge is 0.465 e. The summed E-state index contributed by atoms with van der Waals surface area (Å²) in [5, 5.41) is 20.8. The van der Waals surface area contributed by atoms with Gasteiger partial charge in [-0.25, -0.2) is 9.18 Å². The van der Waals surface area contributed by atoms with Crippen LogP contribution >= 0.6 is 0 Å². The Morgan fingerprint density at radius 1 is 1.35 bits per heavy atom. The Morgan fingerprint density at radius 2 is 1.94 bits per heavy atom. The summed E-state index contributed by atoms with van der Waals surface area (Å²) in [6.45, 7) is 0.595. The molecule has 1 fully saturated rings. The molecule has 1 heterocycles. The van der Waals surface area contributed by atoms with E-state index in [1.165, 1.54) is 29.2 Å². The van der Waals surface area contributed by atoms with Gasteiger partial charge in [0.15, 0.2) is 0 Å². The van der Waals surface area contributed by atoms with E-state index in [1.54, 1.807) is 0 Å². The number of amides is 1. The van der Waals surface area contributed by atoms with E-state index in [0.717, 1.165) is 0 Å². The number of nitrogens with zero attached hydrogens (tertiary/aromatic N) is 2. The van der Waals surface area contributed by atoms with E-state index in [4.69, 9.17) is 10.3 Å². The minimum Gasteiger partial charge on any atom is -0.465 e. The van der Waals surface area contributed by atoms with Crippen LogP contribution in [0.3, 0.4) is 0 Å². The van der Waals surface area contributed by atoms with Gasteiger partial charge in [-0.3, -0.25) is 0 Å². The molecule has 6 heteroatoms. The van der Waals surface area contributed by atoms with Gasteiger partial charge in [0.05, 0.1) is 5.71 Å². The quantitative estimate of drug-likeness (QED) is 0.467. The number of likely N-dealkylation sites (tertiary alicyclic amines) is 1. The van der Waals surface area contributed by atoms with Crippen LogP contribution in [0.2, 0.25) is 0 Å². The van der Waals surface area contributed by atoms with E-state index in [2.05, 4.69) is 5.16 Å². The van der Waals surface area contributed by atoms with Gasteiger partial charge in [-0.15, -0.1) is 0 Å². The van der Waals surface area contributed by atoms with Crippen molar-refractivity contribution in [1.82, 2.24) is 4.90 Å². The number of carbonyl (C=O) groups is 1. The number of halogens is 1. The zero-order valence-electron chi connectivity index (χ0n) is 8.88. The van der Waals surface area contributed by atoms with Crippen molar-refractivity contribution in [2.45, 2.75) is 0 Å². The van der Waals surface area contributed by atoms with Gasteiger partial charge in [-0.2, -0.15) is 0 Å². The topological polar surface area (TPSA) is 73.1 Å². The van der Waals surface area contributed by atoms with Crippen LogP contribution in [0, 0.1) is 11.7 Å². The lowest BCUT2D eigenvalue weighted by Gasteiger charge is -2.37. The Kier molecular flexibility index (Phi) is 2.95. The van der Waals surface area contributed by atoms with Gasteiger partial charge in [0.25, 0.3) is 0 Å². The van der Waals surface area contributed by atoms with Crippen LogP contribution in [0.5, 0.6) is 0 Å². The molecule has 1 aromatic carbocycles. The van der Waals surface area contributed by atoms with Gasteiger partial charge >= 0.3 is 6.09 Å². The molecule has 0 radical (unpaired) electrons. The van der Waals surface area contributed by atoms with Gasteiger partial charge in [0, 0.05) is 19.0 Å². The van der Waals surface area contributed by atoms with Crippen molar-refractivity contribution in [3.8, 4) is 0 Å². The molecule has 0 bridgehead atoms. The second-order valence-corrected chi connectivity index (χ2v) is 3.88. The van der Waals surface area contributed by atoms with Crippen molar-refractivity contribution in [2.75, 3.05) is 13.1 Å². The van der Waals surface area contributed by atoms with E-state index >= 15 is 0 Å². The summed E-state index contributed by atoms with van der Waals surface area (Å²) in [4.78, 5) is 11.8. The van der Waals surface area contributed by atoms with Crippen LogP contribution in [-0.4, -0.2) is 40.1 Å². The molecule has 2 N–H and O–H groups in total. The summed E-state index contributed by atoms with van der Waals surface area (Å²) >= 11 is 0. The Balaban J connectivity index is 2.09. The summed E-state index contributed by atoms with van der Waals surface area (Å²) in [6.07, 6.45) is -0.988. The Hall–Kier alpha value is -2.11. The fraction of sp³-hybridized carbons (Fsp3) is 0.273. The lowest BCUT2D eigenvalue weighted by atomic mass is 9.90. The second-order valence-electron chi connectivity index (χ2n) is 3.88. The van der Waals surface area contributed by atoms with E-state index in [9.17, 15) is 9.18 Å². The molecule has 0 saturated carbocycles. The van der Waals surface area contributed by atoms with Crippen LogP contribution in [0.15, 0.2) is 29.4 Å². The molecule has 0 aromatic heterocycles. The standard InChI is InChI=1S/C11H11FN2O3/c12-9-3-1-7(2-4-9)10(13-17)8-5-14(6-8)11(15)16/h1-4,8,17H,5-6H2,(H,15,16). The molecular weight excluding hydrogens is 227 g/mol. The van der Waals surface area contributed by atoms with E-state index in [0.29, 0.717) is 24.4 Å². The molecule has 1 aliphatic heterocycles. The lowest BCUT2D eigenvalue weighted by molar-refractivity contribution is 0.101. The first-order valence-electron chi connectivity index (χ1n) is 5.07. The third-order valence-electron chi connectivity index (χ3n) is 2.79. The lowest BCUT2D eigenvalue weighted by Crippen LogP contribution is -2.52. The van der Waals surface area contributed by atoms with Crippen LogP contribution in [-0.2, 0) is 0 Å². The van der Waals surface area contributed by atoms with Crippen LogP contribution in [0.4, 0.5) is 9.18 Å². The predicted octanol–water partition coefficient (Wildman–Crippen LogP) is 1.61. The highest BCUT2D eigenvalue weighted by molar-refractivity contribution is 6.03. The second kappa shape index (κ2) is 4.40. The normalized spacial score (nSPS) is 16.8. The van der Waals surface area contributed by atoms with Crippen molar-refractivity contribution in [2.24, 2.45) is 11.1 Å². The van der Waals surface area contributed by atoms with Gasteiger partial charge in [0.1, 0.15) is 5.82 Å². The molecule has 2 rings (SSSR count). The van der Waals surface area contributed by atoms with E-state index < -0.39 is 6.09 Å². The maximum Gasteiger partial charge on any atom is 0.407 e. The summed E-state index contributed by atoms with van der Waals surface area (Å²) in [6, 6.07) is 5.56. The molecule has 0 unspecified atom stereocenters. The number of hydrogen-bond acceptors (Lipinski definition) is 3. The first kappa shape index (κ1) is 11.4. The monoisotopic (exact) mass is 238 g/mol. The number of rotatable bonds is 2. The Morgan fingerprint density at radius 3 is 2.41 bits per heavy atom. The zero-order valence-corrected chi connectivity index (χ0v) is 8.88. The highest BCUT2D eigenvalue weighted by Gasteiger charge is 2.34. The van der Waals surface area contributed by atoms with E-state index in [-0.39, 0.29) is 11.7 Å². The van der Waals surface area contributed by atoms with E-state index in [1.807, 2.05) is 0 Å². The molecule has 0 spiro atoms. The van der Waals surface area contributed by atoms with Crippen molar-refractivity contribution in [3.63, 3.8) is 0 Å². The first-order chi connectivity index (χ1) is 8.11.